The van der Waals surface area contributed by atoms with Gasteiger partial charge in [-0.1, -0.05) is 5.92 Å². The van der Waals surface area contributed by atoms with E-state index in [1.165, 1.54) is 6.92 Å². The summed E-state index contributed by atoms with van der Waals surface area (Å²) in [6.07, 6.45) is -1.29. The summed E-state index contributed by atoms with van der Waals surface area (Å²) >= 11 is 0. The van der Waals surface area contributed by atoms with Gasteiger partial charge in [0.05, 0.1) is 0 Å². The molecule has 0 amide bonds. The minimum absolute atomic E-state index is 1.11. The van der Waals surface area contributed by atoms with Gasteiger partial charge in [0.15, 0.2) is 0 Å². The second kappa shape index (κ2) is 3.98. The van der Waals surface area contributed by atoms with Crippen LogP contribution in [0, 0.1) is 11.8 Å². The van der Waals surface area contributed by atoms with Gasteiger partial charge in [-0.15, -0.1) is 5.92 Å². The zero-order valence-corrected chi connectivity index (χ0v) is 7.66. The summed E-state index contributed by atoms with van der Waals surface area (Å²) < 4.78 is 59.4. The van der Waals surface area contributed by atoms with E-state index in [-0.39, 0.29) is 0 Å². The second-order valence-electron chi connectivity index (χ2n) is 2.03. The minimum Gasteiger partial charge on any atom is -0.247 e. The molecular weight excluding hydrogens is 209 g/mol. The van der Waals surface area contributed by atoms with Gasteiger partial charge >= 0.3 is 15.6 Å². The van der Waals surface area contributed by atoms with E-state index in [4.69, 9.17) is 0 Å². The van der Waals surface area contributed by atoms with Gasteiger partial charge in [-0.2, -0.15) is 21.6 Å². The monoisotopic (exact) mass is 216 g/mol. The molecule has 0 aliphatic rings. The normalized spacial score (nSPS) is 14.5. The molecule has 0 aliphatic heterocycles. The first-order valence-electron chi connectivity index (χ1n) is 3.12. The Morgan fingerprint density at radius 2 is 1.85 bits per heavy atom. The van der Waals surface area contributed by atoms with Gasteiger partial charge in [0.25, 0.3) is 0 Å². The highest BCUT2D eigenvalue weighted by Crippen LogP contribution is 2.25. The van der Waals surface area contributed by atoms with E-state index in [0.717, 1.165) is 6.92 Å². The van der Waals surface area contributed by atoms with E-state index in [2.05, 4.69) is 16.0 Å². The molecule has 0 radical (unpaired) electrons. The van der Waals surface area contributed by atoms with E-state index >= 15 is 0 Å². The smallest absolute Gasteiger partial charge is 0.247 e. The fraction of sp³-hybridized carbons (Fsp3) is 0.667. The maximum Gasteiger partial charge on any atom is 0.523 e. The molecule has 1 atom stereocenters. The molecule has 0 spiro atoms. The quantitative estimate of drug-likeness (QED) is 0.396. The van der Waals surface area contributed by atoms with E-state index < -0.39 is 21.7 Å². The van der Waals surface area contributed by atoms with Crippen molar-refractivity contribution in [2.75, 3.05) is 0 Å². The number of halogens is 3. The zero-order chi connectivity index (χ0) is 10.7. The van der Waals surface area contributed by atoms with E-state index in [0.29, 0.717) is 0 Å². The van der Waals surface area contributed by atoms with Crippen LogP contribution in [-0.2, 0) is 14.3 Å². The predicted octanol–water partition coefficient (Wildman–Crippen LogP) is 1.26. The van der Waals surface area contributed by atoms with Crippen LogP contribution in [0.5, 0.6) is 0 Å². The summed E-state index contributed by atoms with van der Waals surface area (Å²) in [5, 5.41) is 0. The van der Waals surface area contributed by atoms with Crippen molar-refractivity contribution in [3.63, 3.8) is 0 Å². The largest absolute Gasteiger partial charge is 0.523 e. The molecular formula is C6H7F3O3S. The van der Waals surface area contributed by atoms with Gasteiger partial charge in [-0.3, -0.25) is 0 Å². The maximum absolute atomic E-state index is 11.7. The topological polar surface area (TPSA) is 43.4 Å². The molecule has 0 saturated carbocycles. The fourth-order valence-corrected chi connectivity index (χ4v) is 1.01. The van der Waals surface area contributed by atoms with Gasteiger partial charge in [0.1, 0.15) is 6.10 Å². The van der Waals surface area contributed by atoms with Crippen molar-refractivity contribution in [2.24, 2.45) is 0 Å². The van der Waals surface area contributed by atoms with Crippen LogP contribution >= 0.6 is 0 Å². The Balaban J connectivity index is 4.61. The first-order chi connectivity index (χ1) is 5.70. The second-order valence-corrected chi connectivity index (χ2v) is 3.60. The lowest BCUT2D eigenvalue weighted by Gasteiger charge is -2.09. The molecule has 0 fully saturated rings. The van der Waals surface area contributed by atoms with Crippen molar-refractivity contribution in [3.8, 4) is 11.8 Å². The van der Waals surface area contributed by atoms with Crippen molar-refractivity contribution in [3.05, 3.63) is 0 Å². The Morgan fingerprint density at radius 3 is 2.15 bits per heavy atom. The molecule has 0 aromatic carbocycles. The van der Waals surface area contributed by atoms with Gasteiger partial charge < -0.3 is 0 Å². The Labute approximate surface area is 74.0 Å². The SMILES string of the molecule is CC#CC(C)OS(=O)(=O)C(F)(F)F. The third-order valence-corrected chi connectivity index (χ3v) is 2.01. The molecule has 7 heteroatoms. The lowest BCUT2D eigenvalue weighted by atomic mass is 10.4. The molecule has 0 heterocycles. The fourth-order valence-electron chi connectivity index (χ4n) is 0.472. The van der Waals surface area contributed by atoms with Gasteiger partial charge in [-0.05, 0) is 13.8 Å². The molecule has 1 unspecified atom stereocenters. The van der Waals surface area contributed by atoms with Crippen LogP contribution in [0.1, 0.15) is 13.8 Å². The third-order valence-electron chi connectivity index (χ3n) is 0.902. The molecule has 0 aliphatic carbocycles. The lowest BCUT2D eigenvalue weighted by Crippen LogP contribution is -2.28. The number of alkyl halides is 3. The molecule has 0 rings (SSSR count). The molecule has 76 valence electrons. The highest BCUT2D eigenvalue weighted by atomic mass is 32.2. The van der Waals surface area contributed by atoms with Crippen molar-refractivity contribution < 1.29 is 25.8 Å². The molecule has 0 saturated heterocycles. The Morgan fingerprint density at radius 1 is 1.38 bits per heavy atom. The summed E-state index contributed by atoms with van der Waals surface area (Å²) in [7, 11) is -5.52. The molecule has 0 aromatic heterocycles. The summed E-state index contributed by atoms with van der Waals surface area (Å²) in [4.78, 5) is 0. The van der Waals surface area contributed by atoms with E-state index in [1.54, 1.807) is 0 Å². The third kappa shape index (κ3) is 3.65. The average Bonchev–Trinajstić information content (AvgIpc) is 1.83. The molecule has 0 bridgehead atoms. The van der Waals surface area contributed by atoms with Crippen molar-refractivity contribution in [1.82, 2.24) is 0 Å². The molecule has 13 heavy (non-hydrogen) atoms. The first kappa shape index (κ1) is 12.3. The molecule has 0 aromatic rings. The van der Waals surface area contributed by atoms with Gasteiger partial charge in [0, 0.05) is 0 Å². The van der Waals surface area contributed by atoms with Crippen molar-refractivity contribution in [2.45, 2.75) is 25.5 Å². The predicted molar refractivity (Wildman–Crippen MR) is 39.0 cm³/mol. The number of rotatable bonds is 2. The summed E-state index contributed by atoms with van der Waals surface area (Å²) in [5.74, 6) is 4.36. The summed E-state index contributed by atoms with van der Waals surface area (Å²) in [6.45, 7) is 2.47. The van der Waals surface area contributed by atoms with Gasteiger partial charge in [-0.25, -0.2) is 4.18 Å². The van der Waals surface area contributed by atoms with Crippen LogP contribution in [0.4, 0.5) is 13.2 Å². The van der Waals surface area contributed by atoms with Crippen LogP contribution in [0.25, 0.3) is 0 Å². The molecule has 0 N–H and O–H groups in total. The Kier molecular flexibility index (Phi) is 3.75. The van der Waals surface area contributed by atoms with Crippen molar-refractivity contribution in [1.29, 1.82) is 0 Å². The highest BCUT2D eigenvalue weighted by Gasteiger charge is 2.48. The standard InChI is InChI=1S/C6H7F3O3S/c1-3-4-5(2)12-13(10,11)6(7,8)9/h5H,1-2H3. The average molecular weight is 216 g/mol. The van der Waals surface area contributed by atoms with Crippen LogP contribution in [0.2, 0.25) is 0 Å². The Bertz CT molecular complexity index is 319. The van der Waals surface area contributed by atoms with Gasteiger partial charge in [0.2, 0.25) is 0 Å². The summed E-state index contributed by atoms with van der Waals surface area (Å²) in [6, 6.07) is 0. The first-order valence-corrected chi connectivity index (χ1v) is 4.53. The highest BCUT2D eigenvalue weighted by molar-refractivity contribution is 7.87. The number of hydrogen-bond donors (Lipinski definition) is 0. The van der Waals surface area contributed by atoms with Crippen molar-refractivity contribution >= 4 is 10.1 Å². The van der Waals surface area contributed by atoms with Crippen LogP contribution < -0.4 is 0 Å². The Hall–Kier alpha value is -0.740. The van der Waals surface area contributed by atoms with Crippen LogP contribution in [-0.4, -0.2) is 20.0 Å². The molecule has 3 nitrogen and oxygen atoms in total. The maximum atomic E-state index is 11.7. The zero-order valence-electron chi connectivity index (χ0n) is 6.84. The summed E-state index contributed by atoms with van der Waals surface area (Å²) in [5.41, 5.74) is -5.39. The van der Waals surface area contributed by atoms with E-state index in [1.807, 2.05) is 0 Å². The minimum atomic E-state index is -5.52. The lowest BCUT2D eigenvalue weighted by molar-refractivity contribution is -0.0553. The van der Waals surface area contributed by atoms with Crippen LogP contribution in [0.3, 0.4) is 0 Å². The van der Waals surface area contributed by atoms with Crippen LogP contribution in [0.15, 0.2) is 0 Å². The number of hydrogen-bond acceptors (Lipinski definition) is 3. The van der Waals surface area contributed by atoms with E-state index in [9.17, 15) is 21.6 Å².